The number of amides is 1. The fourth-order valence-corrected chi connectivity index (χ4v) is 2.07. The molecule has 80 valence electrons. The topological polar surface area (TPSA) is 46.3 Å². The Hall–Kier alpha value is -0.640. The Labute approximate surface area is 90.6 Å². The van der Waals surface area contributed by atoms with Gasteiger partial charge in [0.25, 0.3) is 0 Å². The molecule has 3 nitrogen and oxygen atoms in total. The number of thiocarbonyl (C=S) groups is 1. The molecule has 0 spiro atoms. The molecule has 1 unspecified atom stereocenters. The monoisotopic (exact) mass is 214 g/mol. The molecule has 0 aromatic heterocycles. The molecule has 1 fully saturated rings. The second-order valence-corrected chi connectivity index (χ2v) is 4.48. The van der Waals surface area contributed by atoms with E-state index in [-0.39, 0.29) is 11.8 Å². The number of hydrogen-bond acceptors (Lipinski definition) is 2. The Kier molecular flexibility index (Phi) is 4.32. The number of rotatable bonds is 3. The number of nitrogens with two attached hydrogens (primary N) is 1. The van der Waals surface area contributed by atoms with Crippen LogP contribution >= 0.6 is 12.2 Å². The number of nitrogens with zero attached hydrogens (tertiary/aromatic N) is 1. The second kappa shape index (κ2) is 5.29. The molecule has 4 heteroatoms. The van der Waals surface area contributed by atoms with Gasteiger partial charge in [0.15, 0.2) is 0 Å². The fourth-order valence-electron chi connectivity index (χ4n) is 1.82. The van der Waals surface area contributed by atoms with Crippen molar-refractivity contribution >= 4 is 23.1 Å². The minimum Gasteiger partial charge on any atom is -0.393 e. The first-order valence-corrected chi connectivity index (χ1v) is 5.59. The molecule has 1 amide bonds. The van der Waals surface area contributed by atoms with Crippen LogP contribution < -0.4 is 5.73 Å². The smallest absolute Gasteiger partial charge is 0.225 e. The molecule has 0 aromatic carbocycles. The minimum atomic E-state index is -0.0504. The molecule has 2 N–H and O–H groups in total. The van der Waals surface area contributed by atoms with Crippen LogP contribution in [0.4, 0.5) is 0 Å². The summed E-state index contributed by atoms with van der Waals surface area (Å²) in [5.74, 6) is 0.156. The second-order valence-electron chi connectivity index (χ2n) is 3.96. The van der Waals surface area contributed by atoms with Crippen LogP contribution in [-0.2, 0) is 4.79 Å². The summed E-state index contributed by atoms with van der Waals surface area (Å²) in [4.78, 5) is 14.2. The van der Waals surface area contributed by atoms with E-state index in [1.807, 2.05) is 11.8 Å². The summed E-state index contributed by atoms with van der Waals surface area (Å²) in [7, 11) is 0. The maximum absolute atomic E-state index is 11.8. The third kappa shape index (κ3) is 3.25. The van der Waals surface area contributed by atoms with Crippen LogP contribution in [0, 0.1) is 5.92 Å². The molecule has 0 aromatic rings. The van der Waals surface area contributed by atoms with Gasteiger partial charge in [0, 0.05) is 25.4 Å². The van der Waals surface area contributed by atoms with Gasteiger partial charge in [0.05, 0.1) is 4.99 Å². The average Bonchev–Trinajstić information content (AvgIpc) is 2.17. The van der Waals surface area contributed by atoms with Crippen molar-refractivity contribution in [1.82, 2.24) is 4.90 Å². The lowest BCUT2D eigenvalue weighted by Gasteiger charge is -2.29. The third-order valence-corrected chi connectivity index (χ3v) is 2.76. The molecule has 14 heavy (non-hydrogen) atoms. The van der Waals surface area contributed by atoms with E-state index in [9.17, 15) is 4.79 Å². The molecule has 1 atom stereocenters. The highest BCUT2D eigenvalue weighted by Gasteiger charge is 2.22. The van der Waals surface area contributed by atoms with Crippen molar-refractivity contribution in [3.63, 3.8) is 0 Å². The average molecular weight is 214 g/mol. The summed E-state index contributed by atoms with van der Waals surface area (Å²) in [6.45, 7) is 3.71. The van der Waals surface area contributed by atoms with Crippen LogP contribution in [0.25, 0.3) is 0 Å². The van der Waals surface area contributed by atoms with Crippen LogP contribution in [0.5, 0.6) is 0 Å². The van der Waals surface area contributed by atoms with E-state index in [4.69, 9.17) is 18.0 Å². The predicted octanol–water partition coefficient (Wildman–Crippen LogP) is 1.31. The molecule has 1 heterocycles. The van der Waals surface area contributed by atoms with Gasteiger partial charge in [-0.15, -0.1) is 0 Å². The zero-order chi connectivity index (χ0) is 10.6. The van der Waals surface area contributed by atoms with Gasteiger partial charge in [-0.3, -0.25) is 4.79 Å². The maximum atomic E-state index is 11.8. The SMILES string of the molecule is CC(CC(N)=S)C(=O)N1CCCCC1. The molecule has 1 aliphatic rings. The first kappa shape index (κ1) is 11.4. The minimum absolute atomic E-state index is 0.0504. The summed E-state index contributed by atoms with van der Waals surface area (Å²) in [6.07, 6.45) is 4.04. The fraction of sp³-hybridized carbons (Fsp3) is 0.800. The largest absolute Gasteiger partial charge is 0.393 e. The van der Waals surface area contributed by atoms with E-state index in [0.717, 1.165) is 25.9 Å². The quantitative estimate of drug-likeness (QED) is 0.721. The van der Waals surface area contributed by atoms with E-state index < -0.39 is 0 Å². The Balaban J connectivity index is 2.42. The number of piperidine rings is 1. The van der Waals surface area contributed by atoms with Gasteiger partial charge in [0.1, 0.15) is 0 Å². The van der Waals surface area contributed by atoms with Crippen LogP contribution in [-0.4, -0.2) is 28.9 Å². The van der Waals surface area contributed by atoms with Crippen LogP contribution in [0.3, 0.4) is 0 Å². The highest BCUT2D eigenvalue weighted by atomic mass is 32.1. The van der Waals surface area contributed by atoms with Gasteiger partial charge < -0.3 is 10.6 Å². The molecule has 0 radical (unpaired) electrons. The lowest BCUT2D eigenvalue weighted by atomic mass is 10.0. The van der Waals surface area contributed by atoms with Crippen molar-refractivity contribution in [1.29, 1.82) is 0 Å². The van der Waals surface area contributed by atoms with Crippen molar-refractivity contribution in [2.75, 3.05) is 13.1 Å². The predicted molar refractivity (Wildman–Crippen MR) is 61.0 cm³/mol. The van der Waals surface area contributed by atoms with Gasteiger partial charge >= 0.3 is 0 Å². The number of likely N-dealkylation sites (tertiary alicyclic amines) is 1. The third-order valence-electron chi connectivity index (χ3n) is 2.60. The summed E-state index contributed by atoms with van der Waals surface area (Å²) in [5, 5.41) is 0. The van der Waals surface area contributed by atoms with Gasteiger partial charge in [-0.2, -0.15) is 0 Å². The maximum Gasteiger partial charge on any atom is 0.225 e. The summed E-state index contributed by atoms with van der Waals surface area (Å²) >= 11 is 4.80. The molecule has 0 bridgehead atoms. The Morgan fingerprint density at radius 2 is 2.00 bits per heavy atom. The summed E-state index contributed by atoms with van der Waals surface area (Å²) in [6, 6.07) is 0. The molecular weight excluding hydrogens is 196 g/mol. The van der Waals surface area contributed by atoms with Gasteiger partial charge in [-0.05, 0) is 19.3 Å². The first-order valence-electron chi connectivity index (χ1n) is 5.18. The zero-order valence-corrected chi connectivity index (χ0v) is 9.48. The van der Waals surface area contributed by atoms with Crippen molar-refractivity contribution < 1.29 is 4.79 Å². The standard InChI is InChI=1S/C10H18N2OS/c1-8(7-9(11)14)10(13)12-5-3-2-4-6-12/h8H,2-7H2,1H3,(H2,11,14). The Morgan fingerprint density at radius 3 is 2.50 bits per heavy atom. The lowest BCUT2D eigenvalue weighted by molar-refractivity contribution is -0.135. The van der Waals surface area contributed by atoms with Gasteiger partial charge in [0.2, 0.25) is 5.91 Å². The molecule has 1 aliphatic heterocycles. The Bertz CT molecular complexity index is 224. The molecule has 0 saturated carbocycles. The van der Waals surface area contributed by atoms with E-state index in [1.54, 1.807) is 0 Å². The lowest BCUT2D eigenvalue weighted by Crippen LogP contribution is -2.39. The van der Waals surface area contributed by atoms with Crippen molar-refractivity contribution in [3.05, 3.63) is 0 Å². The van der Waals surface area contributed by atoms with E-state index in [1.165, 1.54) is 6.42 Å². The van der Waals surface area contributed by atoms with Crippen molar-refractivity contribution in [2.45, 2.75) is 32.6 Å². The summed E-state index contributed by atoms with van der Waals surface area (Å²) in [5.41, 5.74) is 5.42. The van der Waals surface area contributed by atoms with Gasteiger partial charge in [-0.1, -0.05) is 19.1 Å². The number of carbonyl (C=O) groups excluding carboxylic acids is 1. The first-order chi connectivity index (χ1) is 6.61. The van der Waals surface area contributed by atoms with Crippen molar-refractivity contribution in [3.8, 4) is 0 Å². The molecule has 1 rings (SSSR count). The van der Waals surface area contributed by atoms with E-state index in [2.05, 4.69) is 0 Å². The van der Waals surface area contributed by atoms with Crippen LogP contribution in [0.15, 0.2) is 0 Å². The number of carbonyl (C=O) groups is 1. The van der Waals surface area contributed by atoms with E-state index in [0.29, 0.717) is 11.4 Å². The van der Waals surface area contributed by atoms with E-state index >= 15 is 0 Å². The summed E-state index contributed by atoms with van der Waals surface area (Å²) < 4.78 is 0. The molecule has 1 saturated heterocycles. The Morgan fingerprint density at radius 1 is 1.43 bits per heavy atom. The highest BCUT2D eigenvalue weighted by molar-refractivity contribution is 7.80. The van der Waals surface area contributed by atoms with Gasteiger partial charge in [-0.25, -0.2) is 0 Å². The zero-order valence-electron chi connectivity index (χ0n) is 8.66. The molecular formula is C10H18N2OS. The van der Waals surface area contributed by atoms with Crippen LogP contribution in [0.2, 0.25) is 0 Å². The highest BCUT2D eigenvalue weighted by Crippen LogP contribution is 2.14. The normalized spacial score (nSPS) is 19.1. The van der Waals surface area contributed by atoms with Crippen molar-refractivity contribution in [2.24, 2.45) is 11.7 Å². The number of hydrogen-bond donors (Lipinski definition) is 1. The van der Waals surface area contributed by atoms with Crippen LogP contribution in [0.1, 0.15) is 32.6 Å². The molecule has 0 aliphatic carbocycles.